The number of ether oxygens (including phenoxy) is 1. The Morgan fingerprint density at radius 2 is 1.81 bits per heavy atom. The van der Waals surface area contributed by atoms with E-state index >= 15 is 0 Å². The van der Waals surface area contributed by atoms with Gasteiger partial charge >= 0.3 is 0 Å². The first-order valence-corrected chi connectivity index (χ1v) is 11.1. The number of amides is 1. The number of hydrogen-bond donors (Lipinski definition) is 1. The van der Waals surface area contributed by atoms with Gasteiger partial charge in [0.15, 0.2) is 0 Å². The zero-order valence-electron chi connectivity index (χ0n) is 19.3. The van der Waals surface area contributed by atoms with E-state index < -0.39 is 17.7 Å². The Bertz CT molecular complexity index is 995. The van der Waals surface area contributed by atoms with E-state index in [-0.39, 0.29) is 11.3 Å². The molecule has 2 aromatic rings. The molecule has 1 aliphatic heterocycles. The van der Waals surface area contributed by atoms with E-state index in [0.717, 1.165) is 18.4 Å². The van der Waals surface area contributed by atoms with Gasteiger partial charge in [-0.05, 0) is 50.2 Å². The van der Waals surface area contributed by atoms with Crippen molar-refractivity contribution in [3.8, 4) is 5.75 Å². The molecule has 170 valence electrons. The summed E-state index contributed by atoms with van der Waals surface area (Å²) in [6, 6.07) is 14.2. The minimum atomic E-state index is -0.661. The lowest BCUT2D eigenvalue weighted by Gasteiger charge is -2.26. The number of aryl methyl sites for hydroxylation is 1. The van der Waals surface area contributed by atoms with Crippen molar-refractivity contribution in [2.45, 2.75) is 32.7 Å². The third kappa shape index (κ3) is 5.02. The Hall–Kier alpha value is -3.12. The van der Waals surface area contributed by atoms with Crippen LogP contribution in [0.4, 0.5) is 0 Å². The molecular formula is C26H32N2O4. The summed E-state index contributed by atoms with van der Waals surface area (Å²) in [5, 5.41) is 11.2. The van der Waals surface area contributed by atoms with Crippen molar-refractivity contribution in [1.29, 1.82) is 0 Å². The lowest BCUT2D eigenvalue weighted by molar-refractivity contribution is -0.140. The van der Waals surface area contributed by atoms with Gasteiger partial charge in [-0.25, -0.2) is 0 Å². The van der Waals surface area contributed by atoms with Crippen molar-refractivity contribution in [3.05, 3.63) is 70.8 Å². The monoisotopic (exact) mass is 436 g/mol. The lowest BCUT2D eigenvalue weighted by Crippen LogP contribution is -2.35. The number of hydrogen-bond acceptors (Lipinski definition) is 5. The van der Waals surface area contributed by atoms with Gasteiger partial charge < -0.3 is 19.6 Å². The van der Waals surface area contributed by atoms with Crippen molar-refractivity contribution in [2.75, 3.05) is 33.8 Å². The topological polar surface area (TPSA) is 70.1 Å². The molecule has 1 atom stereocenters. The first-order chi connectivity index (χ1) is 15.4. The Morgan fingerprint density at radius 3 is 2.44 bits per heavy atom. The number of aliphatic hydroxyl groups is 1. The zero-order chi connectivity index (χ0) is 23.3. The molecule has 32 heavy (non-hydrogen) atoms. The Balaban J connectivity index is 2.09. The number of carbonyl (C=O) groups is 2. The molecule has 2 aromatic carbocycles. The number of Topliss-reactive ketones (excluding diaryl/α,β-unsaturated/α-hetero) is 1. The minimum Gasteiger partial charge on any atom is -0.507 e. The van der Waals surface area contributed by atoms with Crippen LogP contribution in [0.2, 0.25) is 0 Å². The summed E-state index contributed by atoms with van der Waals surface area (Å²) in [7, 11) is 3.84. The Labute approximate surface area is 190 Å². The fraction of sp³-hybridized carbons (Fsp3) is 0.385. The van der Waals surface area contributed by atoms with Crippen molar-refractivity contribution >= 4 is 17.4 Å². The quantitative estimate of drug-likeness (QED) is 0.365. The first-order valence-electron chi connectivity index (χ1n) is 11.1. The van der Waals surface area contributed by atoms with Crippen LogP contribution in [0.25, 0.3) is 5.76 Å². The minimum absolute atomic E-state index is 0.116. The van der Waals surface area contributed by atoms with Gasteiger partial charge in [0.05, 0.1) is 18.2 Å². The second-order valence-corrected chi connectivity index (χ2v) is 8.27. The molecule has 1 unspecified atom stereocenters. The van der Waals surface area contributed by atoms with Gasteiger partial charge in [-0.15, -0.1) is 0 Å². The fourth-order valence-electron chi connectivity index (χ4n) is 3.81. The molecule has 1 heterocycles. The van der Waals surface area contributed by atoms with Crippen LogP contribution >= 0.6 is 0 Å². The highest BCUT2D eigenvalue weighted by Gasteiger charge is 2.45. The average molecular weight is 437 g/mol. The predicted octanol–water partition coefficient (Wildman–Crippen LogP) is 4.02. The van der Waals surface area contributed by atoms with Crippen LogP contribution in [0, 0.1) is 0 Å². The summed E-state index contributed by atoms with van der Waals surface area (Å²) in [5.74, 6) is -0.814. The lowest BCUT2D eigenvalue weighted by atomic mass is 9.94. The third-order valence-corrected chi connectivity index (χ3v) is 5.61. The van der Waals surface area contributed by atoms with Gasteiger partial charge in [-0.2, -0.15) is 0 Å². The van der Waals surface area contributed by atoms with E-state index in [1.807, 2.05) is 56.3 Å². The molecule has 1 N–H and O–H groups in total. The molecule has 0 bridgehead atoms. The maximum Gasteiger partial charge on any atom is 0.295 e. The number of benzene rings is 2. The van der Waals surface area contributed by atoms with Crippen molar-refractivity contribution in [2.24, 2.45) is 0 Å². The van der Waals surface area contributed by atoms with E-state index in [9.17, 15) is 14.7 Å². The van der Waals surface area contributed by atoms with Gasteiger partial charge in [0.1, 0.15) is 11.5 Å². The summed E-state index contributed by atoms with van der Waals surface area (Å²) in [5.41, 5.74) is 2.55. The van der Waals surface area contributed by atoms with E-state index in [1.54, 1.807) is 23.1 Å². The number of rotatable bonds is 9. The standard InChI is InChI=1S/C26H32N2O4/c1-5-16-32-21-9-7-8-20(17-21)24(29)22-23(19-12-10-18(6-2)11-13-19)28(15-14-27(3)4)26(31)25(22)30/h7-13,17,23,29H,5-6,14-16H2,1-4H3/b24-22+. The molecular weight excluding hydrogens is 404 g/mol. The van der Waals surface area contributed by atoms with Gasteiger partial charge in [-0.3, -0.25) is 9.59 Å². The molecule has 1 saturated heterocycles. The van der Waals surface area contributed by atoms with Crippen LogP contribution in [0.5, 0.6) is 5.75 Å². The summed E-state index contributed by atoms with van der Waals surface area (Å²) in [4.78, 5) is 29.6. The number of nitrogens with zero attached hydrogens (tertiary/aromatic N) is 2. The second kappa shape index (κ2) is 10.5. The SMILES string of the molecule is CCCOc1cccc(/C(O)=C2\C(=O)C(=O)N(CCN(C)C)C2c2ccc(CC)cc2)c1. The molecule has 3 rings (SSSR count). The van der Waals surface area contributed by atoms with E-state index in [1.165, 1.54) is 5.56 Å². The van der Waals surface area contributed by atoms with Gasteiger partial charge in [0.25, 0.3) is 11.7 Å². The average Bonchev–Trinajstić information content (AvgIpc) is 3.06. The fourth-order valence-corrected chi connectivity index (χ4v) is 3.81. The number of ketones is 1. The summed E-state index contributed by atoms with van der Waals surface area (Å²) in [6.07, 6.45) is 1.76. The van der Waals surface area contributed by atoms with Crippen LogP contribution in [0.15, 0.2) is 54.1 Å². The normalized spacial score (nSPS) is 17.9. The molecule has 0 radical (unpaired) electrons. The largest absolute Gasteiger partial charge is 0.507 e. The van der Waals surface area contributed by atoms with Crippen LogP contribution < -0.4 is 4.74 Å². The molecule has 0 aliphatic carbocycles. The second-order valence-electron chi connectivity index (χ2n) is 8.27. The molecule has 0 aromatic heterocycles. The van der Waals surface area contributed by atoms with Crippen molar-refractivity contribution < 1.29 is 19.4 Å². The Morgan fingerprint density at radius 1 is 1.09 bits per heavy atom. The maximum atomic E-state index is 13.1. The van der Waals surface area contributed by atoms with Crippen LogP contribution in [0.1, 0.15) is 43.0 Å². The third-order valence-electron chi connectivity index (χ3n) is 5.61. The van der Waals surface area contributed by atoms with Gasteiger partial charge in [0, 0.05) is 18.7 Å². The highest BCUT2D eigenvalue weighted by molar-refractivity contribution is 6.46. The number of aliphatic hydroxyl groups excluding tert-OH is 1. The van der Waals surface area contributed by atoms with Crippen molar-refractivity contribution in [1.82, 2.24) is 9.80 Å². The molecule has 1 amide bonds. The molecule has 1 fully saturated rings. The predicted molar refractivity (Wildman–Crippen MR) is 126 cm³/mol. The van der Waals surface area contributed by atoms with Crippen LogP contribution in [0.3, 0.4) is 0 Å². The molecule has 6 heteroatoms. The first kappa shape index (κ1) is 23.5. The molecule has 0 spiro atoms. The highest BCUT2D eigenvalue weighted by atomic mass is 16.5. The van der Waals surface area contributed by atoms with Crippen LogP contribution in [-0.4, -0.2) is 60.4 Å². The van der Waals surface area contributed by atoms with E-state index in [4.69, 9.17) is 4.74 Å². The summed E-state index contributed by atoms with van der Waals surface area (Å²) < 4.78 is 5.68. The zero-order valence-corrected chi connectivity index (χ0v) is 19.3. The maximum absolute atomic E-state index is 13.1. The molecule has 0 saturated carbocycles. The summed E-state index contributed by atoms with van der Waals surface area (Å²) in [6.45, 7) is 5.64. The highest BCUT2D eigenvalue weighted by Crippen LogP contribution is 2.39. The number of likely N-dealkylation sites (tertiary alicyclic amines) is 1. The number of carbonyl (C=O) groups excluding carboxylic acids is 2. The smallest absolute Gasteiger partial charge is 0.295 e. The van der Waals surface area contributed by atoms with Crippen LogP contribution in [-0.2, 0) is 16.0 Å². The van der Waals surface area contributed by atoms with E-state index in [2.05, 4.69) is 6.92 Å². The Kier molecular flexibility index (Phi) is 7.70. The van der Waals surface area contributed by atoms with Gasteiger partial charge in [0.2, 0.25) is 0 Å². The number of likely N-dealkylation sites (N-methyl/N-ethyl adjacent to an activating group) is 1. The molecule has 1 aliphatic rings. The van der Waals surface area contributed by atoms with Gasteiger partial charge in [-0.1, -0.05) is 50.2 Å². The van der Waals surface area contributed by atoms with E-state index in [0.29, 0.717) is 31.0 Å². The molecule has 6 nitrogen and oxygen atoms in total. The summed E-state index contributed by atoms with van der Waals surface area (Å²) >= 11 is 0. The van der Waals surface area contributed by atoms with Crippen molar-refractivity contribution in [3.63, 3.8) is 0 Å².